The number of ether oxygens (including phenoxy) is 4. The second-order valence-electron chi connectivity index (χ2n) is 5.75. The van der Waals surface area contributed by atoms with Gasteiger partial charge in [-0.15, -0.1) is 0 Å². The third-order valence-corrected chi connectivity index (χ3v) is 3.84. The molecule has 2 aromatic rings. The van der Waals surface area contributed by atoms with Crippen molar-refractivity contribution in [1.29, 1.82) is 0 Å². The van der Waals surface area contributed by atoms with E-state index in [-0.39, 0.29) is 19.1 Å². The van der Waals surface area contributed by atoms with Crippen LogP contribution < -0.4 is 19.5 Å². The molecule has 1 amide bonds. The maximum Gasteiger partial charge on any atom is 0.341 e. The quantitative estimate of drug-likeness (QED) is 0.716. The van der Waals surface area contributed by atoms with Gasteiger partial charge in [-0.25, -0.2) is 4.79 Å². The van der Waals surface area contributed by atoms with Crippen LogP contribution in [0.25, 0.3) is 0 Å². The summed E-state index contributed by atoms with van der Waals surface area (Å²) in [5.41, 5.74) is 2.06. The fourth-order valence-corrected chi connectivity index (χ4v) is 2.42. The van der Waals surface area contributed by atoms with Gasteiger partial charge in [0, 0.05) is 6.54 Å². The standard InChI is InChI=1S/C20H23NO6/c1-13-5-7-17(18(9-13)25-3)27-12-19(22)21-11-14-6-8-16(24-2)15(10-14)20(23)26-4/h5-10H,11-12H2,1-4H3,(H,21,22). The highest BCUT2D eigenvalue weighted by Gasteiger charge is 2.14. The number of carbonyl (C=O) groups is 2. The molecule has 7 nitrogen and oxygen atoms in total. The first-order chi connectivity index (χ1) is 13.0. The van der Waals surface area contributed by atoms with Gasteiger partial charge in [0.2, 0.25) is 0 Å². The number of methoxy groups -OCH3 is 3. The van der Waals surface area contributed by atoms with E-state index in [2.05, 4.69) is 5.32 Å². The van der Waals surface area contributed by atoms with Gasteiger partial charge in [-0.3, -0.25) is 4.79 Å². The Bertz CT molecular complexity index is 818. The van der Waals surface area contributed by atoms with Crippen molar-refractivity contribution in [3.63, 3.8) is 0 Å². The minimum absolute atomic E-state index is 0.153. The molecule has 0 fully saturated rings. The summed E-state index contributed by atoms with van der Waals surface area (Å²) in [5.74, 6) is 0.672. The second kappa shape index (κ2) is 9.47. The molecule has 2 aromatic carbocycles. The van der Waals surface area contributed by atoms with Crippen LogP contribution in [0.2, 0.25) is 0 Å². The zero-order valence-electron chi connectivity index (χ0n) is 15.8. The highest BCUT2D eigenvalue weighted by molar-refractivity contribution is 5.92. The number of nitrogens with one attached hydrogen (secondary N) is 1. The first-order valence-corrected chi connectivity index (χ1v) is 8.27. The van der Waals surface area contributed by atoms with Gasteiger partial charge in [-0.1, -0.05) is 12.1 Å². The number of rotatable bonds is 8. The van der Waals surface area contributed by atoms with E-state index in [1.165, 1.54) is 14.2 Å². The molecular formula is C20H23NO6. The first kappa shape index (κ1) is 20.1. The summed E-state index contributed by atoms with van der Waals surface area (Å²) >= 11 is 0. The molecule has 2 rings (SSSR count). The van der Waals surface area contributed by atoms with Gasteiger partial charge in [0.05, 0.1) is 21.3 Å². The molecule has 0 aliphatic carbocycles. The van der Waals surface area contributed by atoms with Crippen LogP contribution in [0.15, 0.2) is 36.4 Å². The van der Waals surface area contributed by atoms with Crippen molar-refractivity contribution in [2.45, 2.75) is 13.5 Å². The van der Waals surface area contributed by atoms with Crippen LogP contribution in [0.5, 0.6) is 17.2 Å². The average molecular weight is 373 g/mol. The minimum Gasteiger partial charge on any atom is -0.496 e. The van der Waals surface area contributed by atoms with Crippen LogP contribution in [-0.2, 0) is 16.1 Å². The SMILES string of the molecule is COC(=O)c1cc(CNC(=O)COc2ccc(C)cc2OC)ccc1OC. The molecule has 1 N–H and O–H groups in total. The van der Waals surface area contributed by atoms with Crippen molar-refractivity contribution >= 4 is 11.9 Å². The summed E-state index contributed by atoms with van der Waals surface area (Å²) in [4.78, 5) is 23.9. The maximum atomic E-state index is 12.1. The van der Waals surface area contributed by atoms with Crippen molar-refractivity contribution in [1.82, 2.24) is 5.32 Å². The predicted molar refractivity (Wildman–Crippen MR) is 99.4 cm³/mol. The Labute approximate surface area is 158 Å². The van der Waals surface area contributed by atoms with Crippen LogP contribution in [0, 0.1) is 6.92 Å². The van der Waals surface area contributed by atoms with E-state index < -0.39 is 5.97 Å². The molecule has 0 saturated carbocycles. The Morgan fingerprint density at radius 3 is 2.30 bits per heavy atom. The Balaban J connectivity index is 1.95. The van der Waals surface area contributed by atoms with Crippen LogP contribution in [0.4, 0.5) is 0 Å². The topological polar surface area (TPSA) is 83.1 Å². The molecular weight excluding hydrogens is 350 g/mol. The van der Waals surface area contributed by atoms with E-state index in [0.29, 0.717) is 22.8 Å². The lowest BCUT2D eigenvalue weighted by molar-refractivity contribution is -0.123. The number of hydrogen-bond acceptors (Lipinski definition) is 6. The monoisotopic (exact) mass is 373 g/mol. The predicted octanol–water partition coefficient (Wildman–Crippen LogP) is 2.49. The highest BCUT2D eigenvalue weighted by Crippen LogP contribution is 2.27. The van der Waals surface area contributed by atoms with E-state index in [1.54, 1.807) is 31.4 Å². The van der Waals surface area contributed by atoms with E-state index in [4.69, 9.17) is 18.9 Å². The molecule has 0 unspecified atom stereocenters. The minimum atomic E-state index is -0.505. The summed E-state index contributed by atoms with van der Waals surface area (Å²) in [6.45, 7) is 2.02. The van der Waals surface area contributed by atoms with E-state index in [1.807, 2.05) is 19.1 Å². The normalized spacial score (nSPS) is 10.1. The van der Waals surface area contributed by atoms with Crippen molar-refractivity contribution in [2.24, 2.45) is 0 Å². The van der Waals surface area contributed by atoms with Gasteiger partial charge in [0.25, 0.3) is 5.91 Å². The Morgan fingerprint density at radius 1 is 0.926 bits per heavy atom. The van der Waals surface area contributed by atoms with Crippen LogP contribution >= 0.6 is 0 Å². The summed E-state index contributed by atoms with van der Waals surface area (Å²) in [6.07, 6.45) is 0. The summed E-state index contributed by atoms with van der Waals surface area (Å²) in [5, 5.41) is 2.74. The first-order valence-electron chi connectivity index (χ1n) is 8.27. The summed E-state index contributed by atoms with van der Waals surface area (Å²) < 4.78 is 20.6. The molecule has 0 heterocycles. The van der Waals surface area contributed by atoms with Crippen molar-refractivity contribution in [3.05, 3.63) is 53.1 Å². The Kier molecular flexibility index (Phi) is 7.05. The molecule has 0 radical (unpaired) electrons. The number of aryl methyl sites for hydroxylation is 1. The van der Waals surface area contributed by atoms with Crippen LogP contribution in [-0.4, -0.2) is 39.8 Å². The van der Waals surface area contributed by atoms with E-state index in [9.17, 15) is 9.59 Å². The van der Waals surface area contributed by atoms with Gasteiger partial charge >= 0.3 is 5.97 Å². The molecule has 0 aromatic heterocycles. The Hall–Kier alpha value is -3.22. The van der Waals surface area contributed by atoms with E-state index >= 15 is 0 Å². The largest absolute Gasteiger partial charge is 0.496 e. The molecule has 27 heavy (non-hydrogen) atoms. The number of hydrogen-bond donors (Lipinski definition) is 1. The highest BCUT2D eigenvalue weighted by atomic mass is 16.5. The van der Waals surface area contributed by atoms with Gasteiger partial charge in [-0.05, 0) is 42.3 Å². The molecule has 0 saturated heterocycles. The molecule has 0 aliphatic heterocycles. The van der Waals surface area contributed by atoms with Gasteiger partial charge in [0.1, 0.15) is 11.3 Å². The number of amides is 1. The zero-order valence-corrected chi connectivity index (χ0v) is 15.8. The lowest BCUT2D eigenvalue weighted by atomic mass is 10.1. The fraction of sp³-hybridized carbons (Fsp3) is 0.300. The molecule has 144 valence electrons. The van der Waals surface area contributed by atoms with Crippen LogP contribution in [0.1, 0.15) is 21.5 Å². The van der Waals surface area contributed by atoms with Crippen molar-refractivity contribution < 1.29 is 28.5 Å². The lowest BCUT2D eigenvalue weighted by Crippen LogP contribution is -2.28. The molecule has 0 spiro atoms. The number of carbonyl (C=O) groups excluding carboxylic acids is 2. The summed E-state index contributed by atoms with van der Waals surface area (Å²) in [6, 6.07) is 10.5. The second-order valence-corrected chi connectivity index (χ2v) is 5.75. The third kappa shape index (κ3) is 5.37. The zero-order chi connectivity index (χ0) is 19.8. The number of esters is 1. The number of benzene rings is 2. The molecule has 0 aliphatic rings. The van der Waals surface area contributed by atoms with E-state index in [0.717, 1.165) is 11.1 Å². The van der Waals surface area contributed by atoms with Crippen molar-refractivity contribution in [2.75, 3.05) is 27.9 Å². The smallest absolute Gasteiger partial charge is 0.341 e. The van der Waals surface area contributed by atoms with Gasteiger partial charge in [-0.2, -0.15) is 0 Å². The maximum absolute atomic E-state index is 12.1. The third-order valence-electron chi connectivity index (χ3n) is 3.84. The summed E-state index contributed by atoms with van der Waals surface area (Å²) in [7, 11) is 4.32. The fourth-order valence-electron chi connectivity index (χ4n) is 2.42. The average Bonchev–Trinajstić information content (AvgIpc) is 2.70. The molecule has 0 bridgehead atoms. The van der Waals surface area contributed by atoms with Crippen LogP contribution in [0.3, 0.4) is 0 Å². The Morgan fingerprint density at radius 2 is 1.63 bits per heavy atom. The van der Waals surface area contributed by atoms with Gasteiger partial charge < -0.3 is 24.3 Å². The van der Waals surface area contributed by atoms with Gasteiger partial charge in [0.15, 0.2) is 18.1 Å². The molecule has 7 heteroatoms. The lowest BCUT2D eigenvalue weighted by Gasteiger charge is -2.12. The van der Waals surface area contributed by atoms with Crippen molar-refractivity contribution in [3.8, 4) is 17.2 Å². The molecule has 0 atom stereocenters.